The van der Waals surface area contributed by atoms with E-state index in [1.165, 1.54) is 36.8 Å². The Morgan fingerprint density at radius 2 is 1.58 bits per heavy atom. The lowest BCUT2D eigenvalue weighted by Gasteiger charge is -2.39. The van der Waals surface area contributed by atoms with Crippen molar-refractivity contribution in [3.05, 3.63) is 154 Å². The Hall–Kier alpha value is -6.10. The molecule has 72 heavy (non-hydrogen) atoms. The molecular weight excluding hydrogens is 996 g/mol. The first-order valence-corrected chi connectivity index (χ1v) is 28.0. The van der Waals surface area contributed by atoms with Gasteiger partial charge in [0.25, 0.3) is 5.69 Å². The molecule has 1 fully saturated rings. The summed E-state index contributed by atoms with van der Waals surface area (Å²) in [6, 6.07) is 33.1. The Bertz CT molecular complexity index is 3060. The summed E-state index contributed by atoms with van der Waals surface area (Å²) in [5.74, 6) is -0.910. The fourth-order valence-corrected chi connectivity index (χ4v) is 13.6. The lowest BCUT2D eigenvalue weighted by molar-refractivity contribution is -0.383. The number of sulfone groups is 1. The minimum Gasteiger partial charge on any atom is -0.479 e. The van der Waals surface area contributed by atoms with Crippen LogP contribution in [0.1, 0.15) is 32.0 Å². The van der Waals surface area contributed by atoms with Crippen molar-refractivity contribution in [2.24, 2.45) is 0 Å². The molecule has 6 aromatic rings. The molecule has 14 nitrogen and oxygen atoms in total. The van der Waals surface area contributed by atoms with E-state index in [0.29, 0.717) is 81.8 Å². The van der Waals surface area contributed by atoms with E-state index in [9.17, 15) is 28.4 Å². The van der Waals surface area contributed by atoms with Crippen LogP contribution in [-0.4, -0.2) is 105 Å². The highest BCUT2D eigenvalue weighted by molar-refractivity contribution is 7.99. The first kappa shape index (κ1) is 52.2. The average molecular weight is 1050 g/mol. The van der Waals surface area contributed by atoms with Gasteiger partial charge in [0.05, 0.1) is 21.8 Å². The molecule has 5 aromatic carbocycles. The fraction of sp³-hybridized carbons (Fsp3) is 0.302. The third kappa shape index (κ3) is 11.7. The number of nitrogens with one attached hydrogen (secondary N) is 1. The van der Waals surface area contributed by atoms with Gasteiger partial charge in [-0.3, -0.25) is 14.8 Å². The van der Waals surface area contributed by atoms with Gasteiger partial charge in [0.1, 0.15) is 11.5 Å². The van der Waals surface area contributed by atoms with Crippen molar-refractivity contribution < 1.29 is 32.2 Å². The smallest absolute Gasteiger partial charge is 0.330 e. The van der Waals surface area contributed by atoms with E-state index in [1.807, 2.05) is 105 Å². The number of piperazine rings is 1. The van der Waals surface area contributed by atoms with Gasteiger partial charge in [-0.2, -0.15) is 0 Å². The maximum absolute atomic E-state index is 15.8. The summed E-state index contributed by atoms with van der Waals surface area (Å²) in [5, 5.41) is 27.6. The number of carboxylic acid groups (broad SMARTS) is 1. The molecule has 2 N–H and O–H groups in total. The second-order valence-corrected chi connectivity index (χ2v) is 23.6. The summed E-state index contributed by atoms with van der Waals surface area (Å²) in [6.45, 7) is 8.74. The number of carboxylic acids is 1. The second-order valence-electron chi connectivity index (χ2n) is 18.4. The number of nitro groups is 1. The van der Waals surface area contributed by atoms with E-state index >= 15 is 4.39 Å². The first-order chi connectivity index (χ1) is 34.4. The maximum atomic E-state index is 15.8. The van der Waals surface area contributed by atoms with Gasteiger partial charge in [0.15, 0.2) is 15.9 Å². The van der Waals surface area contributed by atoms with E-state index in [0.717, 1.165) is 29.1 Å². The molecule has 1 saturated heterocycles. The molecule has 0 aliphatic carbocycles. The van der Waals surface area contributed by atoms with Crippen molar-refractivity contribution in [1.29, 1.82) is 0 Å². The molecule has 0 spiro atoms. The molecule has 2 aliphatic rings. The first-order valence-electron chi connectivity index (χ1n) is 23.5. The molecule has 0 radical (unpaired) electrons. The van der Waals surface area contributed by atoms with Crippen LogP contribution in [0.5, 0.6) is 0 Å². The number of rotatable bonds is 18. The van der Waals surface area contributed by atoms with Gasteiger partial charge in [-0.05, 0) is 144 Å². The van der Waals surface area contributed by atoms with Crippen molar-refractivity contribution in [3.63, 3.8) is 0 Å². The van der Waals surface area contributed by atoms with Crippen molar-refractivity contribution in [2.75, 3.05) is 78.6 Å². The van der Waals surface area contributed by atoms with Crippen molar-refractivity contribution >= 4 is 81.2 Å². The number of hydrogen-bond acceptors (Lipinski definition) is 12. The van der Waals surface area contributed by atoms with E-state index in [2.05, 4.69) is 20.0 Å². The molecule has 0 bridgehead atoms. The Morgan fingerprint density at radius 1 is 0.931 bits per heavy atom. The van der Waals surface area contributed by atoms with Crippen LogP contribution in [0.15, 0.2) is 137 Å². The number of aromatic nitrogens is 1. The highest BCUT2D eigenvalue weighted by Gasteiger charge is 2.38. The molecule has 0 amide bonds. The Labute approximate surface area is 431 Å². The van der Waals surface area contributed by atoms with Crippen LogP contribution >= 0.6 is 31.7 Å². The van der Waals surface area contributed by atoms with Crippen LogP contribution in [-0.2, 0) is 19.2 Å². The van der Waals surface area contributed by atoms with Gasteiger partial charge in [-0.15, -0.1) is 11.8 Å². The van der Waals surface area contributed by atoms with Crippen molar-refractivity contribution in [3.8, 4) is 22.4 Å². The number of thioether (sulfide) groups is 1. The second kappa shape index (κ2) is 22.3. The van der Waals surface area contributed by atoms with Gasteiger partial charge < -0.3 is 34.2 Å². The van der Waals surface area contributed by atoms with Crippen LogP contribution < -0.4 is 25.1 Å². The van der Waals surface area contributed by atoms with Crippen LogP contribution in [0.3, 0.4) is 0 Å². The van der Waals surface area contributed by atoms with Crippen molar-refractivity contribution in [1.82, 2.24) is 9.47 Å². The Balaban J connectivity index is 1.02. The normalized spacial score (nSPS) is 16.6. The number of hydrogen-bond donors (Lipinski definition) is 2. The SMILES string of the molecule is Cc1c(S(C)(=O)=O)c(-c2cc(F)cc(N3CCN(c4ccc(N5C(C(=O)O)C=COP5c5ccc(NC(CCN(C)C)CSc6ccccc6)c([N+](=O)[O-])c5)cc4)CC3)c2)c(-c2ccc(Cl)cc2)n1C(C)C. The summed E-state index contributed by atoms with van der Waals surface area (Å²) in [6.07, 6.45) is 4.75. The predicted octanol–water partition coefficient (Wildman–Crippen LogP) is 11.1. The number of benzene rings is 5. The fourth-order valence-electron chi connectivity index (χ4n) is 9.39. The molecule has 2 aliphatic heterocycles. The number of nitrogens with zero attached hydrogens (tertiary/aromatic N) is 6. The predicted molar refractivity (Wildman–Crippen MR) is 291 cm³/mol. The standard InChI is InChI=1S/C53H58ClFN7O7PS2/c1-35(2)60-36(3)52(72(6,67)68)50(51(60)37-12-14-39(54)15-13-37)38-30-40(55)32-44(31-38)59-27-25-58(26-28-59)42-16-18-43(19-17-42)61-48(53(63)64)23-29-69-70(61)45-20-21-47(49(33-45)62(65)66)56-41(22-24-57(4)5)34-71-46-10-8-7-9-11-46/h7-21,23,29-33,35,41,48,56H,22,24-28,34H2,1-6H3,(H,63,64). The summed E-state index contributed by atoms with van der Waals surface area (Å²) < 4.78 is 52.7. The van der Waals surface area contributed by atoms with Gasteiger partial charge in [-0.25, -0.2) is 17.6 Å². The zero-order valence-corrected chi connectivity index (χ0v) is 44.2. The Morgan fingerprint density at radius 3 is 2.19 bits per heavy atom. The van der Waals surface area contributed by atoms with Gasteiger partial charge in [0.2, 0.25) is 8.30 Å². The minimum atomic E-state index is -3.77. The molecule has 1 aromatic heterocycles. The summed E-state index contributed by atoms with van der Waals surface area (Å²) >= 11 is 7.95. The van der Waals surface area contributed by atoms with E-state index in [1.54, 1.807) is 47.6 Å². The largest absolute Gasteiger partial charge is 0.479 e. The van der Waals surface area contributed by atoms with Gasteiger partial charge in [0, 0.05) is 99.9 Å². The average Bonchev–Trinajstić information content (AvgIpc) is 3.68. The molecule has 3 heterocycles. The number of carbonyl (C=O) groups is 1. The third-order valence-corrected chi connectivity index (χ3v) is 17.3. The van der Waals surface area contributed by atoms with E-state index in [-0.39, 0.29) is 22.7 Å². The number of nitro benzene ring substituents is 1. The zero-order valence-electron chi connectivity index (χ0n) is 40.9. The highest BCUT2D eigenvalue weighted by Crippen LogP contribution is 2.50. The lowest BCUT2D eigenvalue weighted by Crippen LogP contribution is -2.46. The van der Waals surface area contributed by atoms with Crippen LogP contribution in [0.25, 0.3) is 22.4 Å². The quantitative estimate of drug-likeness (QED) is 0.0364. The van der Waals surface area contributed by atoms with Crippen LogP contribution in [0.2, 0.25) is 5.02 Å². The van der Waals surface area contributed by atoms with E-state index < -0.39 is 40.9 Å². The van der Waals surface area contributed by atoms with Crippen molar-refractivity contribution in [2.45, 2.75) is 55.1 Å². The van der Waals surface area contributed by atoms with Gasteiger partial charge >= 0.3 is 5.97 Å². The molecule has 3 atom stereocenters. The summed E-state index contributed by atoms with van der Waals surface area (Å²) in [4.78, 5) is 32.7. The summed E-state index contributed by atoms with van der Waals surface area (Å²) in [7, 11) is -1.67. The van der Waals surface area contributed by atoms with Gasteiger partial charge in [-0.1, -0.05) is 41.9 Å². The highest BCUT2D eigenvalue weighted by atomic mass is 35.5. The number of halogens is 2. The molecule has 19 heteroatoms. The molecular formula is C53H58ClFN7O7PS2. The number of anilines is 4. The minimum absolute atomic E-state index is 0.0877. The van der Waals surface area contributed by atoms with Crippen LogP contribution in [0, 0.1) is 22.9 Å². The monoisotopic (exact) mass is 1050 g/mol. The molecule has 0 saturated carbocycles. The third-order valence-electron chi connectivity index (χ3n) is 12.7. The maximum Gasteiger partial charge on any atom is 0.330 e. The summed E-state index contributed by atoms with van der Waals surface area (Å²) in [5.41, 5.74) is 5.19. The Kier molecular flexibility index (Phi) is 16.2. The van der Waals surface area contributed by atoms with E-state index in [4.69, 9.17) is 16.1 Å². The number of aliphatic carboxylic acids is 1. The molecule has 3 unspecified atom stereocenters. The topological polar surface area (TPSA) is 154 Å². The lowest BCUT2D eigenvalue weighted by atomic mass is 9.99. The molecule has 378 valence electrons. The zero-order chi connectivity index (χ0) is 51.4. The molecule has 8 rings (SSSR count). The van der Waals surface area contributed by atoms with Crippen LogP contribution in [0.4, 0.5) is 32.8 Å².